The van der Waals surface area contributed by atoms with Gasteiger partial charge in [-0.2, -0.15) is 0 Å². The van der Waals surface area contributed by atoms with E-state index < -0.39 is 5.40 Å². The van der Waals surface area contributed by atoms with Crippen LogP contribution in [-0.4, -0.2) is 32.1 Å². The Hall–Kier alpha value is -2.41. The van der Waals surface area contributed by atoms with Crippen LogP contribution in [0.3, 0.4) is 0 Å². The molecule has 0 unspecified atom stereocenters. The molecule has 0 radical (unpaired) electrons. The Bertz CT molecular complexity index is 1090. The van der Waals surface area contributed by atoms with Gasteiger partial charge >= 0.3 is 0 Å². The maximum absolute atomic E-state index is 12.6. The third kappa shape index (κ3) is 3.56. The van der Waals surface area contributed by atoms with Gasteiger partial charge in [-0.25, -0.2) is 0 Å². The number of hydrogen-bond acceptors (Lipinski definition) is 3. The van der Waals surface area contributed by atoms with Crippen molar-refractivity contribution in [1.29, 1.82) is 0 Å². The molecule has 3 aromatic carbocycles. The van der Waals surface area contributed by atoms with Crippen molar-refractivity contribution in [3.63, 3.8) is 0 Å². The van der Waals surface area contributed by atoms with E-state index in [1.54, 1.807) is 12.1 Å². The Morgan fingerprint density at radius 1 is 1.11 bits per heavy atom. The quantitative estimate of drug-likeness (QED) is 0.451. The number of amides is 1. The van der Waals surface area contributed by atoms with Crippen LogP contribution in [0.1, 0.15) is 15.9 Å². The predicted molar refractivity (Wildman–Crippen MR) is 122 cm³/mol. The number of carbonyl (C=O) groups excluding carboxylic acids is 1. The second-order valence-corrected chi connectivity index (χ2v) is 8.32. The zero-order valence-electron chi connectivity index (χ0n) is 14.9. The number of benzene rings is 3. The van der Waals surface area contributed by atoms with E-state index in [1.807, 2.05) is 64.2 Å². The van der Waals surface area contributed by atoms with Gasteiger partial charge in [-0.3, -0.25) is 4.79 Å². The molecule has 3 aromatic rings. The van der Waals surface area contributed by atoms with Gasteiger partial charge < -0.3 is 15.2 Å². The third-order valence-electron chi connectivity index (χ3n) is 4.49. The number of anilines is 1. The summed E-state index contributed by atoms with van der Waals surface area (Å²) >= 11 is 2.21. The fourth-order valence-corrected chi connectivity index (χ4v) is 3.46. The average Bonchev–Trinajstić information content (AvgIpc) is 2.62. The molecule has 4 nitrogen and oxygen atoms in total. The SMILES string of the molecule is BC1(B)C=Cc2ccc3cc(C(=O)Nc4ccc(I)cc4)c(O)cc3c2O1. The summed E-state index contributed by atoms with van der Waals surface area (Å²) in [5.41, 5.74) is 1.87. The molecular weight excluding hydrogens is 451 g/mol. The maximum atomic E-state index is 12.6. The van der Waals surface area contributed by atoms with Gasteiger partial charge in [0, 0.05) is 20.2 Å². The van der Waals surface area contributed by atoms with Gasteiger partial charge in [-0.05, 0) is 64.4 Å². The second-order valence-electron chi connectivity index (χ2n) is 7.07. The van der Waals surface area contributed by atoms with Crippen LogP contribution in [0.15, 0.2) is 54.6 Å². The molecule has 0 fully saturated rings. The summed E-state index contributed by atoms with van der Waals surface area (Å²) in [5.74, 6) is 0.296. The second kappa shape index (κ2) is 6.64. The highest BCUT2D eigenvalue weighted by Gasteiger charge is 2.24. The molecule has 0 aliphatic carbocycles. The molecular formula is C20H16B2INO3. The summed E-state index contributed by atoms with van der Waals surface area (Å²) in [5, 5.41) is 14.5. The first-order valence-electron chi connectivity index (χ1n) is 8.57. The number of phenolic OH excluding ortho intramolecular Hbond substituents is 1. The minimum Gasteiger partial charge on any atom is -0.507 e. The standard InChI is InChI=1S/C20H16B2INO3/c21-20(22)8-7-11-1-2-12-9-16(17(25)10-15(12)18(11)27-20)19(26)24-14-5-3-13(23)4-6-14/h1-10,25H,21-22H2,(H,24,26). The van der Waals surface area contributed by atoms with Gasteiger partial charge in [-0.1, -0.05) is 24.3 Å². The van der Waals surface area contributed by atoms with Crippen LogP contribution in [0.5, 0.6) is 11.5 Å². The topological polar surface area (TPSA) is 58.6 Å². The van der Waals surface area contributed by atoms with E-state index in [2.05, 4.69) is 27.9 Å². The van der Waals surface area contributed by atoms with Crippen LogP contribution >= 0.6 is 22.6 Å². The maximum Gasteiger partial charge on any atom is 0.259 e. The van der Waals surface area contributed by atoms with Gasteiger partial charge in [0.1, 0.15) is 11.5 Å². The number of phenols is 1. The molecule has 7 heteroatoms. The molecule has 0 saturated carbocycles. The Kier molecular flexibility index (Phi) is 4.42. The lowest BCUT2D eigenvalue weighted by Gasteiger charge is -2.29. The van der Waals surface area contributed by atoms with Crippen molar-refractivity contribution in [1.82, 2.24) is 0 Å². The van der Waals surface area contributed by atoms with E-state index in [0.29, 0.717) is 5.69 Å². The summed E-state index contributed by atoms with van der Waals surface area (Å²) in [6.45, 7) is 0. The van der Waals surface area contributed by atoms with Crippen molar-refractivity contribution in [3.05, 3.63) is 69.3 Å². The first-order valence-corrected chi connectivity index (χ1v) is 9.65. The number of ether oxygens (including phenoxy) is 1. The van der Waals surface area contributed by atoms with E-state index in [-0.39, 0.29) is 17.2 Å². The molecule has 27 heavy (non-hydrogen) atoms. The lowest BCUT2D eigenvalue weighted by molar-refractivity contribution is 0.102. The van der Waals surface area contributed by atoms with Gasteiger partial charge in [0.2, 0.25) is 0 Å². The Morgan fingerprint density at radius 3 is 2.59 bits per heavy atom. The molecule has 0 aromatic heterocycles. The van der Waals surface area contributed by atoms with Crippen molar-refractivity contribution < 1.29 is 14.6 Å². The summed E-state index contributed by atoms with van der Waals surface area (Å²) in [6.07, 6.45) is 4.02. The largest absolute Gasteiger partial charge is 0.507 e. The van der Waals surface area contributed by atoms with Crippen molar-refractivity contribution in [2.75, 3.05) is 5.32 Å². The molecule has 0 spiro atoms. The minimum atomic E-state index is -0.419. The zero-order chi connectivity index (χ0) is 19.2. The molecule has 0 saturated heterocycles. The lowest BCUT2D eigenvalue weighted by atomic mass is 9.64. The van der Waals surface area contributed by atoms with Crippen LogP contribution in [0.25, 0.3) is 16.8 Å². The highest BCUT2D eigenvalue weighted by atomic mass is 127. The van der Waals surface area contributed by atoms with Gasteiger partial charge in [-0.15, -0.1) is 0 Å². The van der Waals surface area contributed by atoms with E-state index in [1.165, 1.54) is 0 Å². The predicted octanol–water partition coefficient (Wildman–Crippen LogP) is 2.73. The highest BCUT2D eigenvalue weighted by Crippen LogP contribution is 2.38. The summed E-state index contributed by atoms with van der Waals surface area (Å²) in [7, 11) is 3.96. The molecule has 1 amide bonds. The number of aromatic hydroxyl groups is 1. The number of halogens is 1. The number of hydrogen-bond donors (Lipinski definition) is 2. The molecule has 1 aliphatic heterocycles. The van der Waals surface area contributed by atoms with E-state index >= 15 is 0 Å². The Balaban J connectivity index is 1.73. The van der Waals surface area contributed by atoms with Gasteiger partial charge in [0.15, 0.2) is 15.7 Å². The normalized spacial score (nSPS) is 14.4. The summed E-state index contributed by atoms with van der Waals surface area (Å²) < 4.78 is 7.18. The molecule has 0 bridgehead atoms. The van der Waals surface area contributed by atoms with Gasteiger partial charge in [0.25, 0.3) is 5.91 Å². The number of carbonyl (C=O) groups is 1. The molecule has 0 atom stereocenters. The number of rotatable bonds is 2. The summed E-state index contributed by atoms with van der Waals surface area (Å²) in [4.78, 5) is 12.6. The van der Waals surface area contributed by atoms with Crippen molar-refractivity contribution in [2.45, 2.75) is 5.40 Å². The van der Waals surface area contributed by atoms with Crippen molar-refractivity contribution in [3.8, 4) is 11.5 Å². The van der Waals surface area contributed by atoms with Crippen molar-refractivity contribution in [2.24, 2.45) is 0 Å². The average molecular weight is 467 g/mol. The van der Waals surface area contributed by atoms with Crippen LogP contribution < -0.4 is 10.1 Å². The Morgan fingerprint density at radius 2 is 1.85 bits per heavy atom. The van der Waals surface area contributed by atoms with Crippen LogP contribution in [-0.2, 0) is 0 Å². The van der Waals surface area contributed by atoms with Crippen LogP contribution in [0.2, 0.25) is 0 Å². The van der Waals surface area contributed by atoms with Crippen molar-refractivity contribution >= 4 is 66.7 Å². The third-order valence-corrected chi connectivity index (χ3v) is 5.21. The molecule has 1 aliphatic rings. The molecule has 1 heterocycles. The highest BCUT2D eigenvalue weighted by molar-refractivity contribution is 14.1. The lowest BCUT2D eigenvalue weighted by Crippen LogP contribution is -2.36. The number of fused-ring (bicyclic) bond motifs is 3. The zero-order valence-corrected chi connectivity index (χ0v) is 17.1. The fraction of sp³-hybridized carbons (Fsp3) is 0.0500. The minimum absolute atomic E-state index is 0.0742. The van der Waals surface area contributed by atoms with Gasteiger partial charge in [0.05, 0.1) is 11.0 Å². The monoisotopic (exact) mass is 467 g/mol. The first kappa shape index (κ1) is 18.0. The fourth-order valence-electron chi connectivity index (χ4n) is 3.10. The molecule has 4 rings (SSSR count). The van der Waals surface area contributed by atoms with E-state index in [9.17, 15) is 9.90 Å². The number of nitrogens with one attached hydrogen (secondary N) is 1. The Labute approximate surface area is 172 Å². The van der Waals surface area contributed by atoms with E-state index in [0.717, 1.165) is 25.7 Å². The van der Waals surface area contributed by atoms with Crippen LogP contribution in [0, 0.1) is 3.57 Å². The van der Waals surface area contributed by atoms with Crippen LogP contribution in [0.4, 0.5) is 5.69 Å². The smallest absolute Gasteiger partial charge is 0.259 e. The first-order chi connectivity index (χ1) is 12.8. The molecule has 2 N–H and O–H groups in total. The molecule has 132 valence electrons. The summed E-state index contributed by atoms with van der Waals surface area (Å²) in [6, 6.07) is 14.7. The van der Waals surface area contributed by atoms with E-state index in [4.69, 9.17) is 4.74 Å².